The van der Waals surface area contributed by atoms with E-state index in [1.807, 2.05) is 0 Å². The lowest BCUT2D eigenvalue weighted by molar-refractivity contribution is -0.0510. The van der Waals surface area contributed by atoms with Crippen molar-refractivity contribution in [2.45, 2.75) is 6.61 Å². The number of halogens is 3. The van der Waals surface area contributed by atoms with Crippen molar-refractivity contribution >= 4 is 11.4 Å². The molecule has 0 atom stereocenters. The van der Waals surface area contributed by atoms with Crippen LogP contribution in [0.1, 0.15) is 5.69 Å². The summed E-state index contributed by atoms with van der Waals surface area (Å²) in [6, 6.07) is 15.8. The Morgan fingerprint density at radius 1 is 1.28 bits per heavy atom. The molecule has 146 valence electrons. The van der Waals surface area contributed by atoms with Gasteiger partial charge in [-0.1, -0.05) is 24.3 Å². The van der Waals surface area contributed by atoms with Gasteiger partial charge in [0.1, 0.15) is 5.69 Å². The van der Waals surface area contributed by atoms with Gasteiger partial charge in [0, 0.05) is 0 Å². The van der Waals surface area contributed by atoms with Crippen molar-refractivity contribution in [3.63, 3.8) is 0 Å². The minimum absolute atomic E-state index is 0.0240. The number of hydrogen-bond acceptors (Lipinski definition) is 5. The van der Waals surface area contributed by atoms with Gasteiger partial charge in [-0.15, -0.1) is 0 Å². The molecule has 0 unspecified atom stereocenters. The quantitative estimate of drug-likeness (QED) is 0.647. The number of hydrogen-bond donors (Lipinski definition) is 1. The molecule has 3 rings (SSSR count). The number of alkyl halides is 2. The number of ether oxygens (including phenoxy) is 1. The lowest BCUT2D eigenvalue weighted by Crippen LogP contribution is -2.24. The van der Waals surface area contributed by atoms with E-state index < -0.39 is 23.6 Å². The Morgan fingerprint density at radius 3 is 2.69 bits per heavy atom. The van der Waals surface area contributed by atoms with Crippen molar-refractivity contribution in [2.24, 2.45) is 10.7 Å². The molecule has 0 aliphatic carbocycles. The number of para-hydroxylation sites is 1. The highest BCUT2D eigenvalue weighted by molar-refractivity contribution is 6.08. The molecule has 0 fully saturated rings. The Hall–Kier alpha value is -4.06. The third kappa shape index (κ3) is 4.62. The van der Waals surface area contributed by atoms with E-state index in [1.54, 1.807) is 30.3 Å². The van der Waals surface area contributed by atoms with Gasteiger partial charge in [0.2, 0.25) is 0 Å². The Morgan fingerprint density at radius 2 is 2.03 bits per heavy atom. The predicted octanol–water partition coefficient (Wildman–Crippen LogP) is 3.17. The number of aliphatic imine (C=N–C) groups is 1. The number of nitrogens with zero attached hydrogens (tertiary/aromatic N) is 3. The number of allylic oxidation sites excluding steroid dienone is 1. The fourth-order valence-corrected chi connectivity index (χ4v) is 2.38. The molecule has 0 spiro atoms. The zero-order chi connectivity index (χ0) is 20.8. The molecule has 1 aromatic heterocycles. The second-order valence-corrected chi connectivity index (χ2v) is 5.49. The van der Waals surface area contributed by atoms with Crippen molar-refractivity contribution in [3.05, 3.63) is 94.8 Å². The van der Waals surface area contributed by atoms with Gasteiger partial charge in [-0.2, -0.15) is 18.3 Å². The number of aromatic nitrogens is 2. The van der Waals surface area contributed by atoms with Crippen LogP contribution in [0, 0.1) is 17.9 Å². The van der Waals surface area contributed by atoms with E-state index in [1.165, 1.54) is 18.2 Å². The van der Waals surface area contributed by atoms with E-state index >= 15 is 0 Å². The number of nitrogens with two attached hydrogens (primary N) is 1. The van der Waals surface area contributed by atoms with Gasteiger partial charge in [-0.3, -0.25) is 4.79 Å². The molecule has 3 aromatic rings. The maximum absolute atomic E-state index is 14.1. The van der Waals surface area contributed by atoms with Crippen molar-refractivity contribution < 1.29 is 17.9 Å². The molecular formula is C20H13F3N4O2. The number of benzene rings is 1. The van der Waals surface area contributed by atoms with Crippen LogP contribution in [0.4, 0.5) is 18.9 Å². The fraction of sp³-hybridized carbons (Fsp3) is 0.0500. The fourth-order valence-electron chi connectivity index (χ4n) is 2.38. The minimum Gasteiger partial charge on any atom is -0.429 e. The Balaban J connectivity index is 2.25. The Bertz CT molecular complexity index is 1110. The predicted molar refractivity (Wildman–Crippen MR) is 100 cm³/mol. The summed E-state index contributed by atoms with van der Waals surface area (Å²) in [5, 5.41) is 4.05. The molecule has 29 heavy (non-hydrogen) atoms. The van der Waals surface area contributed by atoms with Crippen LogP contribution in [-0.2, 0) is 0 Å². The van der Waals surface area contributed by atoms with E-state index in [2.05, 4.69) is 27.0 Å². The summed E-state index contributed by atoms with van der Waals surface area (Å²) in [4.78, 5) is 17.0. The molecule has 2 N–H and O–H groups in total. The maximum atomic E-state index is 14.1. The topological polar surface area (TPSA) is 82.5 Å². The summed E-state index contributed by atoms with van der Waals surface area (Å²) in [5.41, 5.74) is 4.41. The summed E-state index contributed by atoms with van der Waals surface area (Å²) in [6.45, 7) is -3.27. The standard InChI is InChI=1S/C20H13F3N4O2/c21-14-8-4-5-9-16(14)27-12-17(29-20(22)23)19(28)18(26-27)15(10-11-24)25-13-6-2-1-3-7-13/h1-3,5-7,9-12,20H,24H2. The molecule has 0 bridgehead atoms. The lowest BCUT2D eigenvalue weighted by Gasteiger charge is -2.11. The van der Waals surface area contributed by atoms with Gasteiger partial charge in [0.15, 0.2) is 17.3 Å². The van der Waals surface area contributed by atoms with Crippen molar-refractivity contribution in [2.75, 3.05) is 0 Å². The summed E-state index contributed by atoms with van der Waals surface area (Å²) in [7, 11) is 0. The van der Waals surface area contributed by atoms with Gasteiger partial charge in [-0.05, 0) is 42.6 Å². The van der Waals surface area contributed by atoms with Crippen LogP contribution < -0.4 is 15.9 Å². The van der Waals surface area contributed by atoms with Gasteiger partial charge in [0.05, 0.1) is 17.6 Å². The molecule has 0 saturated heterocycles. The van der Waals surface area contributed by atoms with E-state index in [0.29, 0.717) is 5.69 Å². The SMILES string of the molecule is NC=CC(=Nc1ccccc1)c1nn(-c2ccc#cc2F)cc(OC(F)F)c1=O. The molecular weight excluding hydrogens is 385 g/mol. The van der Waals surface area contributed by atoms with E-state index in [0.717, 1.165) is 17.1 Å². The highest BCUT2D eigenvalue weighted by atomic mass is 19.3. The molecule has 0 saturated carbocycles. The average Bonchev–Trinajstić information content (AvgIpc) is 2.70. The molecule has 0 aliphatic heterocycles. The largest absolute Gasteiger partial charge is 0.429 e. The summed E-state index contributed by atoms with van der Waals surface area (Å²) in [5.74, 6) is -1.59. The number of rotatable bonds is 6. The molecule has 6 nitrogen and oxygen atoms in total. The van der Waals surface area contributed by atoms with Crippen LogP contribution in [-0.4, -0.2) is 22.1 Å². The third-order valence-electron chi connectivity index (χ3n) is 3.58. The van der Waals surface area contributed by atoms with Crippen LogP contribution in [0.5, 0.6) is 5.75 Å². The summed E-state index contributed by atoms with van der Waals surface area (Å²) >= 11 is 0. The smallest absolute Gasteiger partial charge is 0.387 e. The first-order chi connectivity index (χ1) is 14.0. The second-order valence-electron chi connectivity index (χ2n) is 5.49. The Kier molecular flexibility index (Phi) is 5.94. The molecule has 9 heteroatoms. The van der Waals surface area contributed by atoms with Crippen molar-refractivity contribution in [1.29, 1.82) is 0 Å². The van der Waals surface area contributed by atoms with E-state index in [-0.39, 0.29) is 17.1 Å². The average molecular weight is 398 g/mol. The van der Waals surface area contributed by atoms with Crippen LogP contribution >= 0.6 is 0 Å². The lowest BCUT2D eigenvalue weighted by atomic mass is 10.2. The maximum Gasteiger partial charge on any atom is 0.387 e. The van der Waals surface area contributed by atoms with Gasteiger partial charge in [0.25, 0.3) is 5.43 Å². The highest BCUT2D eigenvalue weighted by Gasteiger charge is 2.19. The van der Waals surface area contributed by atoms with Crippen LogP contribution in [0.15, 0.2) is 70.7 Å². The van der Waals surface area contributed by atoms with E-state index in [4.69, 9.17) is 5.73 Å². The zero-order valence-electron chi connectivity index (χ0n) is 14.7. The van der Waals surface area contributed by atoms with Crippen molar-refractivity contribution in [1.82, 2.24) is 9.78 Å². The molecule has 0 radical (unpaired) electrons. The monoisotopic (exact) mass is 398 g/mol. The van der Waals surface area contributed by atoms with E-state index in [9.17, 15) is 18.0 Å². The van der Waals surface area contributed by atoms with Crippen molar-refractivity contribution in [3.8, 4) is 11.4 Å². The second kappa shape index (κ2) is 8.75. The first-order valence-electron chi connectivity index (χ1n) is 8.19. The molecule has 2 aromatic carbocycles. The van der Waals surface area contributed by atoms with Gasteiger partial charge >= 0.3 is 6.61 Å². The Labute approximate surface area is 163 Å². The van der Waals surface area contributed by atoms with Gasteiger partial charge < -0.3 is 10.5 Å². The molecule has 0 amide bonds. The molecule has 1 heterocycles. The zero-order valence-corrected chi connectivity index (χ0v) is 14.7. The first-order valence-corrected chi connectivity index (χ1v) is 8.19. The summed E-state index contributed by atoms with van der Waals surface area (Å²) in [6.07, 6.45) is 3.24. The van der Waals surface area contributed by atoms with Crippen LogP contribution in [0.25, 0.3) is 5.69 Å². The first kappa shape index (κ1) is 19.7. The third-order valence-corrected chi connectivity index (χ3v) is 3.58. The van der Waals surface area contributed by atoms with Crippen LogP contribution in [0.2, 0.25) is 0 Å². The molecule has 0 aliphatic rings. The normalized spacial score (nSPS) is 11.7. The highest BCUT2D eigenvalue weighted by Crippen LogP contribution is 2.17. The van der Waals surface area contributed by atoms with Gasteiger partial charge in [-0.25, -0.2) is 9.67 Å². The minimum atomic E-state index is -3.27. The summed E-state index contributed by atoms with van der Waals surface area (Å²) < 4.78 is 44.9. The van der Waals surface area contributed by atoms with Crippen LogP contribution in [0.3, 0.4) is 0 Å².